The van der Waals surface area contributed by atoms with Crippen molar-refractivity contribution in [1.82, 2.24) is 0 Å². The Morgan fingerprint density at radius 3 is 1.10 bits per heavy atom. The van der Waals surface area contributed by atoms with E-state index in [0.29, 0.717) is 0 Å². The van der Waals surface area contributed by atoms with Gasteiger partial charge in [0, 0.05) is 21.1 Å². The molecule has 66 valence electrons. The van der Waals surface area contributed by atoms with Crippen molar-refractivity contribution >= 4 is 0 Å². The van der Waals surface area contributed by atoms with Crippen molar-refractivity contribution in [2.45, 2.75) is 27.2 Å². The van der Waals surface area contributed by atoms with E-state index in [1.807, 2.05) is 0 Å². The van der Waals surface area contributed by atoms with Crippen LogP contribution in [0.5, 0.6) is 0 Å². The second-order valence-corrected chi connectivity index (χ2v) is 2.91. The van der Waals surface area contributed by atoms with Gasteiger partial charge in [-0.3, -0.25) is 0 Å². The van der Waals surface area contributed by atoms with Crippen molar-refractivity contribution in [3.05, 3.63) is 28.2 Å². The summed E-state index contributed by atoms with van der Waals surface area (Å²) in [7, 11) is 0. The molecule has 0 atom stereocenters. The van der Waals surface area contributed by atoms with E-state index in [1.165, 1.54) is 0 Å². The predicted octanol–water partition coefficient (Wildman–Crippen LogP) is 3.36. The van der Waals surface area contributed by atoms with Crippen molar-refractivity contribution in [3.8, 4) is 0 Å². The van der Waals surface area contributed by atoms with Crippen LogP contribution in [0.1, 0.15) is 27.2 Å². The van der Waals surface area contributed by atoms with Crippen LogP contribution >= 0.6 is 0 Å². The number of hydrogen-bond acceptors (Lipinski definition) is 0. The normalized spacial score (nSPS) is 7.80. The maximum atomic E-state index is 3.77. The molecular weight excluding hydrogens is 292 g/mol. The molecule has 0 aliphatic carbocycles. The Balaban J connectivity index is -0.0000000326. The molecule has 0 fully saturated rings. The smallest absolute Gasteiger partial charge is 0 e. The van der Waals surface area contributed by atoms with E-state index in [9.17, 15) is 0 Å². The summed E-state index contributed by atoms with van der Waals surface area (Å²) in [6, 6.07) is 0. The quantitative estimate of drug-likeness (QED) is 0.602. The van der Waals surface area contributed by atoms with Crippen molar-refractivity contribution in [2.75, 3.05) is 0 Å². The molecule has 1 heteroatoms. The Morgan fingerprint density at radius 2 is 1.10 bits per heavy atom. The third-order valence-electron chi connectivity index (χ3n) is 0. The van der Waals surface area contributed by atoms with Gasteiger partial charge in [0.25, 0.3) is 0 Å². The number of hydrogen-bond donors (Lipinski definition) is 0. The predicted molar refractivity (Wildman–Crippen MR) is 46.6 cm³/mol. The zero-order valence-corrected chi connectivity index (χ0v) is 10.7. The molecule has 0 bridgehead atoms. The monoisotopic (exact) mass is 312 g/mol. The zero-order chi connectivity index (χ0) is 7.21. The van der Waals surface area contributed by atoms with Crippen LogP contribution in [0.15, 0.2) is 0 Å². The van der Waals surface area contributed by atoms with Crippen LogP contribution in [0.4, 0.5) is 0 Å². The van der Waals surface area contributed by atoms with Gasteiger partial charge in [0.15, 0.2) is 0 Å². The van der Waals surface area contributed by atoms with Crippen LogP contribution in [0.3, 0.4) is 0 Å². The summed E-state index contributed by atoms with van der Waals surface area (Å²) in [5, 5.41) is 0. The van der Waals surface area contributed by atoms with Gasteiger partial charge in [-0.1, -0.05) is 20.8 Å². The molecule has 0 heterocycles. The molecule has 0 aromatic rings. The van der Waals surface area contributed by atoms with E-state index >= 15 is 0 Å². The fourth-order valence-electron chi connectivity index (χ4n) is 0. The molecule has 0 saturated heterocycles. The van der Waals surface area contributed by atoms with Crippen molar-refractivity contribution in [1.29, 1.82) is 0 Å². The zero-order valence-electron chi connectivity index (χ0n) is 7.74. The maximum absolute atomic E-state index is 3.77. The molecule has 0 aromatic heterocycles. The third-order valence-corrected chi connectivity index (χ3v) is 0. The van der Waals surface area contributed by atoms with Gasteiger partial charge in [-0.15, -0.1) is 0 Å². The molecule has 0 saturated carbocycles. The Bertz CT molecular complexity index is 28.5. The summed E-state index contributed by atoms with van der Waals surface area (Å²) in [4.78, 5) is 0. The summed E-state index contributed by atoms with van der Waals surface area (Å²) < 4.78 is 0. The topological polar surface area (TPSA) is 0 Å². The van der Waals surface area contributed by atoms with E-state index in [0.717, 1.165) is 6.42 Å². The standard InChI is InChI=1S/C5H11.C3H6.CH3.W/c1-5(2,3)4;1-3-2;;/h1H2,2-4H3;1-3H2;1H3;/q-1;-2;-1;. The van der Waals surface area contributed by atoms with E-state index in [1.54, 1.807) is 0 Å². The van der Waals surface area contributed by atoms with E-state index < -0.39 is 0 Å². The molecule has 0 aliphatic rings. The van der Waals surface area contributed by atoms with Crippen molar-refractivity contribution < 1.29 is 21.1 Å². The van der Waals surface area contributed by atoms with Crippen molar-refractivity contribution in [2.24, 2.45) is 5.41 Å². The minimum atomic E-state index is 0. The minimum absolute atomic E-state index is 0. The first-order valence-corrected chi connectivity index (χ1v) is 2.85. The van der Waals surface area contributed by atoms with Crippen LogP contribution in [-0.2, 0) is 21.1 Å². The van der Waals surface area contributed by atoms with Gasteiger partial charge in [0.1, 0.15) is 0 Å². The van der Waals surface area contributed by atoms with Crippen molar-refractivity contribution in [3.63, 3.8) is 0 Å². The fraction of sp³-hybridized carbons (Fsp3) is 0.556. The molecule has 0 nitrogen and oxygen atoms in total. The molecule has 0 aliphatic heterocycles. The van der Waals surface area contributed by atoms with E-state index in [-0.39, 0.29) is 33.9 Å². The molecular formula is C9H20W-4. The molecule has 0 unspecified atom stereocenters. The van der Waals surface area contributed by atoms with E-state index in [2.05, 4.69) is 41.5 Å². The largest absolute Gasteiger partial charge is 0.372 e. The molecule has 0 aromatic carbocycles. The van der Waals surface area contributed by atoms with Gasteiger partial charge < -0.3 is 34.6 Å². The van der Waals surface area contributed by atoms with Crippen LogP contribution in [0.2, 0.25) is 0 Å². The summed E-state index contributed by atoms with van der Waals surface area (Å²) in [6.07, 6.45) is 0.750. The first-order valence-electron chi connectivity index (χ1n) is 2.85. The average Bonchev–Trinajstić information content (AvgIpc) is 1.27. The molecule has 0 spiro atoms. The van der Waals surface area contributed by atoms with Gasteiger partial charge in [0.05, 0.1) is 0 Å². The third kappa shape index (κ3) is 1080. The second kappa shape index (κ2) is 12.4. The fourth-order valence-corrected chi connectivity index (χ4v) is 0. The van der Waals surface area contributed by atoms with Gasteiger partial charge in [-0.05, 0) is 0 Å². The molecule has 0 radical (unpaired) electrons. The summed E-state index contributed by atoms with van der Waals surface area (Å²) in [5.41, 5.74) is 0.250. The summed E-state index contributed by atoms with van der Waals surface area (Å²) in [5.74, 6) is 0. The minimum Gasteiger partial charge on any atom is -0.372 e. The van der Waals surface area contributed by atoms with Gasteiger partial charge in [-0.2, -0.15) is 5.41 Å². The Morgan fingerprint density at radius 1 is 1.10 bits per heavy atom. The van der Waals surface area contributed by atoms with Gasteiger partial charge in [-0.25, -0.2) is 0 Å². The summed E-state index contributed by atoms with van der Waals surface area (Å²) in [6.45, 7) is 16.8. The Kier molecular flexibility index (Phi) is 27.7. The second-order valence-electron chi connectivity index (χ2n) is 2.91. The molecule has 10 heavy (non-hydrogen) atoms. The van der Waals surface area contributed by atoms with Gasteiger partial charge >= 0.3 is 0 Å². The van der Waals surface area contributed by atoms with Crippen LogP contribution < -0.4 is 0 Å². The van der Waals surface area contributed by atoms with E-state index in [4.69, 9.17) is 0 Å². The van der Waals surface area contributed by atoms with Crippen LogP contribution in [0.25, 0.3) is 0 Å². The van der Waals surface area contributed by atoms with Gasteiger partial charge in [0.2, 0.25) is 0 Å². The Hall–Kier alpha value is 0.688. The first kappa shape index (κ1) is 22.4. The molecule has 0 rings (SSSR count). The molecule has 0 amide bonds. The maximum Gasteiger partial charge on any atom is 0 e. The average molecular weight is 312 g/mol. The number of rotatable bonds is 0. The Labute approximate surface area is 82.1 Å². The van der Waals surface area contributed by atoms with Crippen LogP contribution in [0, 0.1) is 33.6 Å². The molecule has 0 N–H and O–H groups in total. The SMILES string of the molecule is [CH2-]C(C)(C)C.[CH2-]C[CH2-].[CH3-].[W]. The van der Waals surface area contributed by atoms with Crippen LogP contribution in [-0.4, -0.2) is 0 Å². The first-order chi connectivity index (χ1) is 3.41. The summed E-state index contributed by atoms with van der Waals surface area (Å²) >= 11 is 0.